The lowest BCUT2D eigenvalue weighted by molar-refractivity contribution is -0.120. The summed E-state index contributed by atoms with van der Waals surface area (Å²) in [4.78, 5) is 11.9. The van der Waals surface area contributed by atoms with Gasteiger partial charge in [0.05, 0.1) is 0 Å². The number of carbonyl (C=O) groups is 1. The Morgan fingerprint density at radius 1 is 1.10 bits per heavy atom. The number of fused-ring (bicyclic) bond motifs is 1. The van der Waals surface area contributed by atoms with Gasteiger partial charge in [-0.05, 0) is 34.9 Å². The van der Waals surface area contributed by atoms with Crippen LogP contribution in [0.1, 0.15) is 12.0 Å². The zero-order valence-electron chi connectivity index (χ0n) is 12.0. The molecule has 2 aromatic carbocycles. The zero-order chi connectivity index (χ0) is 15.1. The molecule has 2 aromatic rings. The van der Waals surface area contributed by atoms with Gasteiger partial charge in [-0.1, -0.05) is 61.7 Å². The summed E-state index contributed by atoms with van der Waals surface area (Å²) in [6.07, 6.45) is 6.12. The molecule has 0 spiro atoms. The Kier molecular flexibility index (Phi) is 5.10. The average Bonchev–Trinajstić information content (AvgIpc) is 2.52. The summed E-state index contributed by atoms with van der Waals surface area (Å²) in [5.41, 5.74) is 1.84. The number of rotatable bonds is 6. The maximum absolute atomic E-state index is 11.9. The first-order chi connectivity index (χ1) is 10.2. The van der Waals surface area contributed by atoms with E-state index in [2.05, 4.69) is 48.8 Å². The van der Waals surface area contributed by atoms with Crippen molar-refractivity contribution in [1.29, 1.82) is 0 Å². The van der Waals surface area contributed by atoms with Gasteiger partial charge < -0.3 is 5.32 Å². The first kappa shape index (κ1) is 14.8. The molecule has 0 aromatic heterocycles. The minimum Gasteiger partial charge on any atom is -0.326 e. The topological polar surface area (TPSA) is 29.1 Å². The average molecular weight is 277 g/mol. The number of allylic oxidation sites excluding steroid dienone is 3. The molecule has 0 fully saturated rings. The number of nitrogens with one attached hydrogen (secondary N) is 1. The van der Waals surface area contributed by atoms with Crippen molar-refractivity contribution in [2.45, 2.75) is 12.8 Å². The van der Waals surface area contributed by atoms with Gasteiger partial charge in [-0.2, -0.15) is 0 Å². The highest BCUT2D eigenvalue weighted by Crippen LogP contribution is 2.16. The molecule has 2 heteroatoms. The van der Waals surface area contributed by atoms with Gasteiger partial charge in [0.2, 0.25) is 5.91 Å². The molecule has 0 aliphatic heterocycles. The van der Waals surface area contributed by atoms with Gasteiger partial charge in [0.1, 0.15) is 0 Å². The number of benzene rings is 2. The maximum atomic E-state index is 11.9. The van der Waals surface area contributed by atoms with Crippen LogP contribution in [0.15, 0.2) is 79.5 Å². The van der Waals surface area contributed by atoms with Crippen LogP contribution in [-0.4, -0.2) is 5.91 Å². The van der Waals surface area contributed by atoms with E-state index in [9.17, 15) is 4.79 Å². The third-order valence-corrected chi connectivity index (χ3v) is 3.26. The Hall–Kier alpha value is -2.61. The lowest BCUT2D eigenvalue weighted by Gasteiger charge is -2.06. The first-order valence-electron chi connectivity index (χ1n) is 6.95. The van der Waals surface area contributed by atoms with Crippen LogP contribution in [0.25, 0.3) is 10.8 Å². The van der Waals surface area contributed by atoms with Crippen molar-refractivity contribution in [2.75, 3.05) is 0 Å². The van der Waals surface area contributed by atoms with Gasteiger partial charge in [0.15, 0.2) is 0 Å². The Morgan fingerprint density at radius 3 is 2.57 bits per heavy atom. The fourth-order valence-corrected chi connectivity index (χ4v) is 2.16. The molecule has 21 heavy (non-hydrogen) atoms. The van der Waals surface area contributed by atoms with E-state index >= 15 is 0 Å². The van der Waals surface area contributed by atoms with Crippen molar-refractivity contribution in [3.05, 3.63) is 85.1 Å². The number of hydrogen-bond donors (Lipinski definition) is 1. The van der Waals surface area contributed by atoms with Gasteiger partial charge in [-0.15, -0.1) is 0 Å². The van der Waals surface area contributed by atoms with Crippen molar-refractivity contribution in [1.82, 2.24) is 5.32 Å². The van der Waals surface area contributed by atoms with Crippen molar-refractivity contribution in [3.8, 4) is 0 Å². The van der Waals surface area contributed by atoms with Crippen molar-refractivity contribution < 1.29 is 4.79 Å². The fraction of sp³-hybridized carbons (Fsp3) is 0.105. The fourth-order valence-electron chi connectivity index (χ4n) is 2.16. The molecule has 0 radical (unpaired) electrons. The predicted molar refractivity (Wildman–Crippen MR) is 88.9 cm³/mol. The van der Waals surface area contributed by atoms with Crippen molar-refractivity contribution in [3.63, 3.8) is 0 Å². The summed E-state index contributed by atoms with van der Waals surface area (Å²) in [6, 6.07) is 14.5. The molecular formula is C19H19NO. The summed E-state index contributed by atoms with van der Waals surface area (Å²) in [6.45, 7) is 7.26. The van der Waals surface area contributed by atoms with Gasteiger partial charge in [0, 0.05) is 12.1 Å². The minimum atomic E-state index is -0.0174. The summed E-state index contributed by atoms with van der Waals surface area (Å²) in [5.74, 6) is -0.0174. The molecule has 2 nitrogen and oxygen atoms in total. The summed E-state index contributed by atoms with van der Waals surface area (Å²) in [7, 11) is 0. The van der Waals surface area contributed by atoms with E-state index in [1.807, 2.05) is 12.1 Å². The van der Waals surface area contributed by atoms with Crippen LogP contribution in [0.3, 0.4) is 0 Å². The molecule has 106 valence electrons. The highest BCUT2D eigenvalue weighted by Gasteiger charge is 2.04. The number of hydrogen-bond acceptors (Lipinski definition) is 1. The molecule has 1 N–H and O–H groups in total. The minimum absolute atomic E-state index is 0.0174. The van der Waals surface area contributed by atoms with Gasteiger partial charge >= 0.3 is 0 Å². The van der Waals surface area contributed by atoms with Crippen LogP contribution in [-0.2, 0) is 11.2 Å². The van der Waals surface area contributed by atoms with E-state index in [0.29, 0.717) is 12.1 Å². The SMILES string of the molecule is C=CC=C(C=C)NC(=O)CCc1ccc2ccccc2c1. The largest absolute Gasteiger partial charge is 0.326 e. The number of amides is 1. The highest BCUT2D eigenvalue weighted by molar-refractivity contribution is 5.83. The second kappa shape index (κ2) is 7.25. The van der Waals surface area contributed by atoms with Gasteiger partial charge in [0.25, 0.3) is 0 Å². The Balaban J connectivity index is 1.98. The molecular weight excluding hydrogens is 258 g/mol. The smallest absolute Gasteiger partial charge is 0.224 e. The van der Waals surface area contributed by atoms with E-state index in [0.717, 1.165) is 12.0 Å². The first-order valence-corrected chi connectivity index (χ1v) is 6.95. The molecule has 0 saturated carbocycles. The second-order valence-electron chi connectivity index (χ2n) is 4.79. The normalized spacial score (nSPS) is 11.1. The zero-order valence-corrected chi connectivity index (χ0v) is 12.0. The molecule has 0 heterocycles. The van der Waals surface area contributed by atoms with Crippen LogP contribution in [0.2, 0.25) is 0 Å². The monoisotopic (exact) mass is 277 g/mol. The Morgan fingerprint density at radius 2 is 1.86 bits per heavy atom. The van der Waals surface area contributed by atoms with E-state index in [1.165, 1.54) is 10.8 Å². The standard InChI is InChI=1S/C19H19NO/c1-3-7-18(4-2)20-19(21)13-11-15-10-12-16-8-5-6-9-17(16)14-15/h3-10,12,14H,1-2,11,13H2,(H,20,21). The van der Waals surface area contributed by atoms with E-state index < -0.39 is 0 Å². The summed E-state index contributed by atoms with van der Waals surface area (Å²) >= 11 is 0. The molecule has 0 atom stereocenters. The van der Waals surface area contributed by atoms with Gasteiger partial charge in [-0.25, -0.2) is 0 Å². The Bertz CT molecular complexity index is 698. The predicted octanol–water partition coefficient (Wildman–Crippen LogP) is 4.14. The van der Waals surface area contributed by atoms with E-state index in [1.54, 1.807) is 18.2 Å². The summed E-state index contributed by atoms with van der Waals surface area (Å²) in [5, 5.41) is 5.23. The molecule has 0 aliphatic carbocycles. The lowest BCUT2D eigenvalue weighted by atomic mass is 10.0. The lowest BCUT2D eigenvalue weighted by Crippen LogP contribution is -2.21. The highest BCUT2D eigenvalue weighted by atomic mass is 16.1. The second-order valence-corrected chi connectivity index (χ2v) is 4.79. The number of aryl methyl sites for hydroxylation is 1. The van der Waals surface area contributed by atoms with Gasteiger partial charge in [-0.3, -0.25) is 4.79 Å². The van der Waals surface area contributed by atoms with E-state index in [-0.39, 0.29) is 5.91 Å². The van der Waals surface area contributed by atoms with Crippen molar-refractivity contribution >= 4 is 16.7 Å². The summed E-state index contributed by atoms with van der Waals surface area (Å²) < 4.78 is 0. The number of carbonyl (C=O) groups excluding carboxylic acids is 1. The third-order valence-electron chi connectivity index (χ3n) is 3.26. The molecule has 0 saturated heterocycles. The molecule has 1 amide bonds. The molecule has 0 unspecified atom stereocenters. The van der Waals surface area contributed by atoms with Crippen LogP contribution in [0.5, 0.6) is 0 Å². The van der Waals surface area contributed by atoms with Crippen LogP contribution in [0, 0.1) is 0 Å². The van der Waals surface area contributed by atoms with Crippen LogP contribution < -0.4 is 5.32 Å². The molecule has 0 aliphatic rings. The molecule has 0 bridgehead atoms. The van der Waals surface area contributed by atoms with Crippen LogP contribution >= 0.6 is 0 Å². The molecule has 2 rings (SSSR count). The van der Waals surface area contributed by atoms with Crippen molar-refractivity contribution in [2.24, 2.45) is 0 Å². The van der Waals surface area contributed by atoms with Crippen LogP contribution in [0.4, 0.5) is 0 Å². The maximum Gasteiger partial charge on any atom is 0.224 e. The van der Waals surface area contributed by atoms with E-state index in [4.69, 9.17) is 0 Å². The quantitative estimate of drug-likeness (QED) is 0.790. The Labute approximate surface area is 125 Å². The third kappa shape index (κ3) is 4.18.